The van der Waals surface area contributed by atoms with Gasteiger partial charge in [0.05, 0.1) is 16.7 Å². The molecule has 0 fully saturated rings. The van der Waals surface area contributed by atoms with Crippen LogP contribution in [-0.2, 0) is 6.42 Å². The molecule has 2 rings (SSSR count). The molecule has 0 N–H and O–H groups in total. The van der Waals surface area contributed by atoms with Gasteiger partial charge >= 0.3 is 0 Å². The van der Waals surface area contributed by atoms with E-state index in [1.54, 1.807) is 0 Å². The maximum atomic E-state index is 6.37. The number of hydrogen-bond donors (Lipinski definition) is 0. The lowest BCUT2D eigenvalue weighted by molar-refractivity contribution is 0.384. The molecule has 0 amide bonds. The van der Waals surface area contributed by atoms with Gasteiger partial charge in [0.2, 0.25) is 0 Å². The minimum absolute atomic E-state index is 0.0676. The van der Waals surface area contributed by atoms with E-state index in [1.807, 2.05) is 30.5 Å². The Morgan fingerprint density at radius 3 is 2.47 bits per heavy atom. The summed E-state index contributed by atoms with van der Waals surface area (Å²) in [5, 5.41) is 0.0676. The Morgan fingerprint density at radius 1 is 1.18 bits per heavy atom. The van der Waals surface area contributed by atoms with Gasteiger partial charge in [-0.1, -0.05) is 32.9 Å². The van der Waals surface area contributed by atoms with Crippen LogP contribution >= 0.6 is 11.6 Å². The first-order valence-electron chi connectivity index (χ1n) is 5.81. The fourth-order valence-corrected chi connectivity index (χ4v) is 1.74. The summed E-state index contributed by atoms with van der Waals surface area (Å²) in [6.45, 7) is 6.41. The van der Waals surface area contributed by atoms with E-state index in [1.165, 1.54) is 0 Å². The van der Waals surface area contributed by atoms with E-state index >= 15 is 0 Å². The zero-order valence-electron chi connectivity index (χ0n) is 10.4. The van der Waals surface area contributed by atoms with Crippen molar-refractivity contribution in [3.05, 3.63) is 36.2 Å². The van der Waals surface area contributed by atoms with Gasteiger partial charge < -0.3 is 0 Å². The van der Waals surface area contributed by atoms with Crippen LogP contribution in [0.1, 0.15) is 26.5 Å². The molecule has 1 heterocycles. The summed E-state index contributed by atoms with van der Waals surface area (Å²) in [5.74, 6) is 0. The van der Waals surface area contributed by atoms with E-state index in [4.69, 9.17) is 11.6 Å². The molecule has 1 atom stereocenters. The highest BCUT2D eigenvalue weighted by atomic mass is 35.5. The number of aromatic nitrogens is 2. The van der Waals surface area contributed by atoms with E-state index in [0.29, 0.717) is 0 Å². The Labute approximate surface area is 107 Å². The molecule has 0 bridgehead atoms. The van der Waals surface area contributed by atoms with Crippen molar-refractivity contribution in [3.63, 3.8) is 0 Å². The van der Waals surface area contributed by atoms with Gasteiger partial charge in [-0.2, -0.15) is 0 Å². The predicted octanol–water partition coefficient (Wildman–Crippen LogP) is 3.83. The molecular formula is C14H17ClN2. The van der Waals surface area contributed by atoms with Crippen molar-refractivity contribution in [1.29, 1.82) is 0 Å². The standard InChI is InChI=1S/C14H17ClN2/c1-14(2,3)13(15)8-10-9-16-11-6-4-5-7-12(11)17-10/h4-7,9,13H,8H2,1-3H3. The van der Waals surface area contributed by atoms with Crippen LogP contribution in [0, 0.1) is 5.41 Å². The van der Waals surface area contributed by atoms with Crippen molar-refractivity contribution in [2.45, 2.75) is 32.6 Å². The number of rotatable bonds is 2. The largest absolute Gasteiger partial charge is 0.253 e. The molecule has 1 aromatic heterocycles. The van der Waals surface area contributed by atoms with Crippen molar-refractivity contribution < 1.29 is 0 Å². The Bertz CT molecular complexity index is 517. The number of nitrogens with zero attached hydrogens (tertiary/aromatic N) is 2. The molecule has 2 nitrogen and oxygen atoms in total. The minimum atomic E-state index is 0.0676. The lowest BCUT2D eigenvalue weighted by Crippen LogP contribution is -2.23. The zero-order chi connectivity index (χ0) is 12.5. The van der Waals surface area contributed by atoms with Crippen molar-refractivity contribution in [2.24, 2.45) is 5.41 Å². The number of fused-ring (bicyclic) bond motifs is 1. The van der Waals surface area contributed by atoms with Crippen molar-refractivity contribution in [2.75, 3.05) is 0 Å². The molecule has 2 aromatic rings. The Hall–Kier alpha value is -1.15. The number of para-hydroxylation sites is 2. The molecule has 1 aromatic carbocycles. The number of halogens is 1. The van der Waals surface area contributed by atoms with Crippen molar-refractivity contribution in [1.82, 2.24) is 9.97 Å². The first kappa shape index (κ1) is 12.3. The first-order valence-corrected chi connectivity index (χ1v) is 6.25. The maximum Gasteiger partial charge on any atom is 0.0890 e. The Balaban J connectivity index is 2.25. The van der Waals surface area contributed by atoms with Crippen molar-refractivity contribution >= 4 is 22.6 Å². The van der Waals surface area contributed by atoms with Gasteiger partial charge in [0.15, 0.2) is 0 Å². The van der Waals surface area contributed by atoms with Crippen LogP contribution in [0.25, 0.3) is 11.0 Å². The molecule has 17 heavy (non-hydrogen) atoms. The topological polar surface area (TPSA) is 25.8 Å². The summed E-state index contributed by atoms with van der Waals surface area (Å²) in [4.78, 5) is 8.98. The molecule has 0 aliphatic rings. The summed E-state index contributed by atoms with van der Waals surface area (Å²) in [6.07, 6.45) is 2.58. The van der Waals surface area contributed by atoms with E-state index in [-0.39, 0.29) is 10.8 Å². The van der Waals surface area contributed by atoms with Gasteiger partial charge in [0.25, 0.3) is 0 Å². The van der Waals surface area contributed by atoms with E-state index < -0.39 is 0 Å². The number of alkyl halides is 1. The van der Waals surface area contributed by atoms with Crippen LogP contribution in [0.15, 0.2) is 30.5 Å². The third-order valence-corrected chi connectivity index (χ3v) is 3.64. The molecule has 0 spiro atoms. The fraction of sp³-hybridized carbons (Fsp3) is 0.429. The second kappa shape index (κ2) is 4.61. The average molecular weight is 249 g/mol. The van der Waals surface area contributed by atoms with Gasteiger partial charge in [0.1, 0.15) is 0 Å². The molecule has 0 aliphatic heterocycles. The quantitative estimate of drug-likeness (QED) is 0.755. The molecule has 90 valence electrons. The molecule has 1 unspecified atom stereocenters. The summed E-state index contributed by atoms with van der Waals surface area (Å²) >= 11 is 6.37. The molecular weight excluding hydrogens is 232 g/mol. The van der Waals surface area contributed by atoms with Gasteiger partial charge in [-0.05, 0) is 17.5 Å². The second-order valence-electron chi connectivity index (χ2n) is 5.39. The molecule has 0 saturated carbocycles. The average Bonchev–Trinajstić information content (AvgIpc) is 2.27. The third kappa shape index (κ3) is 2.95. The monoisotopic (exact) mass is 248 g/mol. The predicted molar refractivity (Wildman–Crippen MR) is 72.3 cm³/mol. The van der Waals surface area contributed by atoms with Gasteiger partial charge in [-0.15, -0.1) is 11.6 Å². The zero-order valence-corrected chi connectivity index (χ0v) is 11.2. The van der Waals surface area contributed by atoms with Gasteiger partial charge in [0, 0.05) is 18.0 Å². The van der Waals surface area contributed by atoms with Crippen molar-refractivity contribution in [3.8, 4) is 0 Å². The lowest BCUT2D eigenvalue weighted by Gasteiger charge is -2.24. The Morgan fingerprint density at radius 2 is 1.82 bits per heavy atom. The van der Waals surface area contributed by atoms with Gasteiger partial charge in [-0.25, -0.2) is 4.98 Å². The summed E-state index contributed by atoms with van der Waals surface area (Å²) in [6, 6.07) is 7.89. The van der Waals surface area contributed by atoms with E-state index in [9.17, 15) is 0 Å². The summed E-state index contributed by atoms with van der Waals surface area (Å²) in [7, 11) is 0. The third-order valence-electron chi connectivity index (χ3n) is 2.83. The second-order valence-corrected chi connectivity index (χ2v) is 5.91. The van der Waals surface area contributed by atoms with Crippen LogP contribution in [0.4, 0.5) is 0 Å². The first-order chi connectivity index (χ1) is 7.97. The van der Waals surface area contributed by atoms with Crippen LogP contribution in [-0.4, -0.2) is 15.3 Å². The van der Waals surface area contributed by atoms with Crippen LogP contribution < -0.4 is 0 Å². The van der Waals surface area contributed by atoms with Crippen LogP contribution in [0.5, 0.6) is 0 Å². The van der Waals surface area contributed by atoms with Gasteiger partial charge in [-0.3, -0.25) is 4.98 Å². The molecule has 0 radical (unpaired) electrons. The minimum Gasteiger partial charge on any atom is -0.253 e. The SMILES string of the molecule is CC(C)(C)C(Cl)Cc1cnc2ccccc2n1. The number of hydrogen-bond acceptors (Lipinski definition) is 2. The highest BCUT2D eigenvalue weighted by Crippen LogP contribution is 2.27. The highest BCUT2D eigenvalue weighted by molar-refractivity contribution is 6.21. The van der Waals surface area contributed by atoms with E-state index in [0.717, 1.165) is 23.1 Å². The molecule has 3 heteroatoms. The maximum absolute atomic E-state index is 6.37. The normalized spacial score (nSPS) is 13.9. The Kier molecular flexibility index (Phi) is 3.34. The van der Waals surface area contributed by atoms with Crippen LogP contribution in [0.3, 0.4) is 0 Å². The smallest absolute Gasteiger partial charge is 0.0890 e. The van der Waals surface area contributed by atoms with E-state index in [2.05, 4.69) is 30.7 Å². The highest BCUT2D eigenvalue weighted by Gasteiger charge is 2.23. The molecule has 0 saturated heterocycles. The summed E-state index contributed by atoms with van der Waals surface area (Å²) in [5.41, 5.74) is 2.90. The summed E-state index contributed by atoms with van der Waals surface area (Å²) < 4.78 is 0. The lowest BCUT2D eigenvalue weighted by atomic mass is 9.89. The van der Waals surface area contributed by atoms with Crippen LogP contribution in [0.2, 0.25) is 0 Å². The fourth-order valence-electron chi connectivity index (χ4n) is 1.58. The molecule has 0 aliphatic carbocycles. The number of benzene rings is 1.